The quantitative estimate of drug-likeness (QED) is 0.716. The summed E-state index contributed by atoms with van der Waals surface area (Å²) in [6.45, 7) is 4.12. The van der Waals surface area contributed by atoms with Crippen molar-refractivity contribution in [1.29, 1.82) is 0 Å². The molecular weight excluding hydrogens is 320 g/mol. The van der Waals surface area contributed by atoms with Gasteiger partial charge in [-0.05, 0) is 49.3 Å². The fraction of sp³-hybridized carbons (Fsp3) is 0.182. The molecule has 5 rings (SSSR count). The number of H-pyrrole nitrogens is 1. The van der Waals surface area contributed by atoms with Crippen molar-refractivity contribution in [3.63, 3.8) is 0 Å². The Hall–Kier alpha value is -3.14. The van der Waals surface area contributed by atoms with Gasteiger partial charge < -0.3 is 10.3 Å². The molecule has 4 heteroatoms. The number of benzene rings is 2. The third kappa shape index (κ3) is 2.54. The molecule has 2 N–H and O–H groups in total. The number of nitrogens with one attached hydrogen (secondary N) is 2. The van der Waals surface area contributed by atoms with Crippen LogP contribution in [0.2, 0.25) is 0 Å². The maximum Gasteiger partial charge on any atom is 0.138 e. The van der Waals surface area contributed by atoms with Crippen LogP contribution in [0, 0.1) is 6.92 Å². The van der Waals surface area contributed by atoms with Gasteiger partial charge in [-0.25, -0.2) is 4.98 Å². The van der Waals surface area contributed by atoms with Crippen molar-refractivity contribution in [3.05, 3.63) is 71.4 Å². The summed E-state index contributed by atoms with van der Waals surface area (Å²) < 4.78 is 0. The zero-order chi connectivity index (χ0) is 17.7. The van der Waals surface area contributed by atoms with E-state index in [1.807, 2.05) is 6.92 Å². The van der Waals surface area contributed by atoms with E-state index in [2.05, 4.69) is 76.8 Å². The number of hydrogen-bond acceptors (Lipinski definition) is 3. The summed E-state index contributed by atoms with van der Waals surface area (Å²) in [4.78, 5) is 12.9. The van der Waals surface area contributed by atoms with Crippen molar-refractivity contribution in [1.82, 2.24) is 15.3 Å². The molecule has 1 aliphatic carbocycles. The number of hydrogen-bond donors (Lipinski definition) is 2. The molecule has 1 aliphatic heterocycles. The molecular formula is C22H20N4. The minimum Gasteiger partial charge on any atom is -0.346 e. The number of aryl methyl sites for hydroxylation is 1. The molecule has 1 aromatic heterocycles. The number of aliphatic imine (C=N–C) groups is 1. The lowest BCUT2D eigenvalue weighted by molar-refractivity contribution is 0.796. The Balaban J connectivity index is 1.51. The second-order valence-electron chi connectivity index (χ2n) is 7.06. The van der Waals surface area contributed by atoms with Crippen molar-refractivity contribution >= 4 is 22.4 Å². The van der Waals surface area contributed by atoms with Gasteiger partial charge in [0.1, 0.15) is 5.82 Å². The predicted molar refractivity (Wildman–Crippen MR) is 107 cm³/mol. The Morgan fingerprint density at radius 2 is 1.92 bits per heavy atom. The third-order valence-corrected chi connectivity index (χ3v) is 5.06. The lowest BCUT2D eigenvalue weighted by Gasteiger charge is -2.17. The average molecular weight is 340 g/mol. The molecule has 0 saturated carbocycles. The summed E-state index contributed by atoms with van der Waals surface area (Å²) in [7, 11) is 0. The second kappa shape index (κ2) is 5.70. The highest BCUT2D eigenvalue weighted by Gasteiger charge is 2.24. The number of aromatic amines is 1. The first kappa shape index (κ1) is 15.1. The van der Waals surface area contributed by atoms with Crippen molar-refractivity contribution in [2.45, 2.75) is 26.3 Å². The molecule has 0 radical (unpaired) electrons. The highest BCUT2D eigenvalue weighted by Crippen LogP contribution is 2.32. The maximum absolute atomic E-state index is 4.82. The van der Waals surface area contributed by atoms with Crippen molar-refractivity contribution in [2.75, 3.05) is 0 Å². The Kier molecular flexibility index (Phi) is 3.32. The molecule has 1 atom stereocenters. The monoisotopic (exact) mass is 340 g/mol. The lowest BCUT2D eigenvalue weighted by atomic mass is 9.93. The summed E-state index contributed by atoms with van der Waals surface area (Å²) >= 11 is 0. The third-order valence-electron chi connectivity index (χ3n) is 5.06. The number of aromatic nitrogens is 2. The van der Waals surface area contributed by atoms with E-state index in [-0.39, 0.29) is 6.04 Å². The summed E-state index contributed by atoms with van der Waals surface area (Å²) in [5.41, 5.74) is 8.14. The van der Waals surface area contributed by atoms with Crippen molar-refractivity contribution in [3.8, 4) is 11.4 Å². The van der Waals surface area contributed by atoms with Gasteiger partial charge in [0.15, 0.2) is 0 Å². The van der Waals surface area contributed by atoms with Gasteiger partial charge in [0.2, 0.25) is 0 Å². The van der Waals surface area contributed by atoms with E-state index in [4.69, 9.17) is 4.98 Å². The number of amidine groups is 1. The fourth-order valence-corrected chi connectivity index (χ4v) is 3.75. The molecule has 0 spiro atoms. The Morgan fingerprint density at radius 1 is 1.00 bits per heavy atom. The first-order valence-electron chi connectivity index (χ1n) is 8.95. The molecule has 128 valence electrons. The van der Waals surface area contributed by atoms with E-state index in [9.17, 15) is 0 Å². The van der Waals surface area contributed by atoms with Crippen LogP contribution in [0.1, 0.15) is 24.5 Å². The molecule has 2 aromatic carbocycles. The molecule has 0 amide bonds. The Labute approximate surface area is 152 Å². The van der Waals surface area contributed by atoms with Gasteiger partial charge in [-0.1, -0.05) is 35.9 Å². The van der Waals surface area contributed by atoms with Crippen LogP contribution in [-0.2, 0) is 0 Å². The maximum atomic E-state index is 4.82. The summed E-state index contributed by atoms with van der Waals surface area (Å²) in [6.07, 6.45) is 5.27. The first-order chi connectivity index (χ1) is 12.7. The highest BCUT2D eigenvalue weighted by atomic mass is 15.1. The van der Waals surface area contributed by atoms with E-state index >= 15 is 0 Å². The van der Waals surface area contributed by atoms with Gasteiger partial charge in [-0.3, -0.25) is 4.99 Å². The van der Waals surface area contributed by atoms with Gasteiger partial charge >= 0.3 is 0 Å². The molecule has 4 nitrogen and oxygen atoms in total. The van der Waals surface area contributed by atoms with Crippen molar-refractivity contribution < 1.29 is 0 Å². The van der Waals surface area contributed by atoms with Gasteiger partial charge in [-0.2, -0.15) is 0 Å². The molecule has 2 heterocycles. The van der Waals surface area contributed by atoms with Crippen LogP contribution < -0.4 is 5.32 Å². The van der Waals surface area contributed by atoms with Gasteiger partial charge in [-0.15, -0.1) is 0 Å². The Morgan fingerprint density at radius 3 is 2.81 bits per heavy atom. The van der Waals surface area contributed by atoms with Crippen LogP contribution in [0.3, 0.4) is 0 Å². The molecule has 26 heavy (non-hydrogen) atoms. The minimum atomic E-state index is 0.229. The van der Waals surface area contributed by atoms with Crippen LogP contribution in [-0.4, -0.2) is 21.8 Å². The fourth-order valence-electron chi connectivity index (χ4n) is 3.75. The first-order valence-corrected chi connectivity index (χ1v) is 8.95. The topological polar surface area (TPSA) is 53.1 Å². The number of rotatable bonds is 2. The van der Waals surface area contributed by atoms with Crippen molar-refractivity contribution in [2.24, 2.45) is 4.99 Å². The SMILES string of the molecule is CC1=NC2CC(c3ccc4[nH]c(-c5cccc(C)c5)nc4c3)=CC=C2N1. The number of imidazole rings is 1. The normalized spacial score (nSPS) is 18.8. The van der Waals surface area contributed by atoms with E-state index in [0.717, 1.165) is 34.7 Å². The van der Waals surface area contributed by atoms with Gasteiger partial charge in [0.05, 0.1) is 22.9 Å². The van der Waals surface area contributed by atoms with Crippen LogP contribution in [0.4, 0.5) is 0 Å². The highest BCUT2D eigenvalue weighted by molar-refractivity contribution is 5.87. The zero-order valence-corrected chi connectivity index (χ0v) is 14.9. The number of nitrogens with zero attached hydrogens (tertiary/aromatic N) is 2. The van der Waals surface area contributed by atoms with Crippen LogP contribution in [0.5, 0.6) is 0 Å². The van der Waals surface area contributed by atoms with E-state index < -0.39 is 0 Å². The smallest absolute Gasteiger partial charge is 0.138 e. The Bertz CT molecular complexity index is 1110. The van der Waals surface area contributed by atoms with Gasteiger partial charge in [0.25, 0.3) is 0 Å². The number of allylic oxidation sites excluding steroid dienone is 2. The molecule has 0 bridgehead atoms. The standard InChI is InChI=1S/C22H20N4/c1-13-4-3-5-17(10-13)22-25-19-9-7-16(12-21(19)26-22)15-6-8-18-20(11-15)24-14(2)23-18/h3-10,12,20H,11H2,1-2H3,(H,23,24)(H,25,26). The molecule has 2 aliphatic rings. The average Bonchev–Trinajstić information content (AvgIpc) is 3.22. The molecule has 0 fully saturated rings. The van der Waals surface area contributed by atoms with Crippen LogP contribution in [0.25, 0.3) is 28.0 Å². The van der Waals surface area contributed by atoms with Gasteiger partial charge in [0, 0.05) is 17.7 Å². The number of fused-ring (bicyclic) bond motifs is 2. The zero-order valence-electron chi connectivity index (χ0n) is 14.9. The summed E-state index contributed by atoms with van der Waals surface area (Å²) in [5, 5.41) is 3.33. The van der Waals surface area contributed by atoms with E-state index in [0.29, 0.717) is 0 Å². The second-order valence-corrected chi connectivity index (χ2v) is 7.06. The van der Waals surface area contributed by atoms with E-state index in [1.54, 1.807) is 0 Å². The molecule has 0 saturated heterocycles. The summed E-state index contributed by atoms with van der Waals surface area (Å²) in [6, 6.07) is 15.1. The molecule has 3 aromatic rings. The van der Waals surface area contributed by atoms with Crippen LogP contribution >= 0.6 is 0 Å². The lowest BCUT2D eigenvalue weighted by Crippen LogP contribution is -2.18. The van der Waals surface area contributed by atoms with E-state index in [1.165, 1.54) is 22.4 Å². The summed E-state index contributed by atoms with van der Waals surface area (Å²) in [5.74, 6) is 1.92. The predicted octanol–water partition coefficient (Wildman–Crippen LogP) is 4.60. The largest absolute Gasteiger partial charge is 0.346 e. The van der Waals surface area contributed by atoms with Crippen LogP contribution in [0.15, 0.2) is 65.3 Å². The minimum absolute atomic E-state index is 0.229. The molecule has 1 unspecified atom stereocenters.